The molecule has 0 atom stereocenters. The standard InChI is InChI=1S/C7H6FN3/c8-6-3-10-11(4-6)7(5-9)1-2-7/h3-4H,1-2H2. The van der Waals surface area contributed by atoms with Gasteiger partial charge in [-0.3, -0.25) is 0 Å². The van der Waals surface area contributed by atoms with Crippen molar-refractivity contribution in [2.75, 3.05) is 0 Å². The number of hydrogen-bond acceptors (Lipinski definition) is 2. The predicted molar refractivity (Wildman–Crippen MR) is 35.0 cm³/mol. The van der Waals surface area contributed by atoms with Gasteiger partial charge in [0.2, 0.25) is 0 Å². The minimum Gasteiger partial charge on any atom is -0.249 e. The summed E-state index contributed by atoms with van der Waals surface area (Å²) in [5.74, 6) is -0.383. The van der Waals surface area contributed by atoms with Gasteiger partial charge in [0, 0.05) is 0 Å². The molecule has 56 valence electrons. The van der Waals surface area contributed by atoms with E-state index in [1.807, 2.05) is 0 Å². The Morgan fingerprint density at radius 2 is 2.45 bits per heavy atom. The van der Waals surface area contributed by atoms with Crippen molar-refractivity contribution >= 4 is 0 Å². The third kappa shape index (κ3) is 0.811. The Morgan fingerprint density at radius 1 is 1.73 bits per heavy atom. The maximum atomic E-state index is 12.4. The van der Waals surface area contributed by atoms with Crippen LogP contribution in [0, 0.1) is 17.1 Å². The Morgan fingerprint density at radius 3 is 2.82 bits per heavy atom. The molecule has 1 aromatic rings. The topological polar surface area (TPSA) is 41.6 Å². The number of hydrogen-bond donors (Lipinski definition) is 0. The van der Waals surface area contributed by atoms with Crippen molar-refractivity contribution in [1.29, 1.82) is 5.26 Å². The average molecular weight is 151 g/mol. The predicted octanol–water partition coefficient (Wildman–Crippen LogP) is 1.03. The van der Waals surface area contributed by atoms with Gasteiger partial charge in [-0.1, -0.05) is 0 Å². The summed E-state index contributed by atoms with van der Waals surface area (Å²) < 4.78 is 13.8. The maximum Gasteiger partial charge on any atom is 0.161 e. The minimum atomic E-state index is -0.523. The molecule has 0 amide bonds. The third-order valence-corrected chi connectivity index (χ3v) is 1.92. The lowest BCUT2D eigenvalue weighted by atomic mass is 10.3. The fraction of sp³-hybridized carbons (Fsp3) is 0.429. The largest absolute Gasteiger partial charge is 0.249 e. The summed E-state index contributed by atoms with van der Waals surface area (Å²) in [6, 6.07) is 2.12. The zero-order valence-corrected chi connectivity index (χ0v) is 5.79. The van der Waals surface area contributed by atoms with Gasteiger partial charge in [0.05, 0.1) is 18.5 Å². The van der Waals surface area contributed by atoms with E-state index in [1.165, 1.54) is 10.9 Å². The lowest BCUT2D eigenvalue weighted by molar-refractivity contribution is 0.530. The van der Waals surface area contributed by atoms with Gasteiger partial charge >= 0.3 is 0 Å². The molecule has 1 saturated carbocycles. The molecule has 0 radical (unpaired) electrons. The molecule has 3 nitrogen and oxygen atoms in total. The maximum absolute atomic E-state index is 12.4. The summed E-state index contributed by atoms with van der Waals surface area (Å²) in [4.78, 5) is 0. The van der Waals surface area contributed by atoms with Crippen LogP contribution in [-0.4, -0.2) is 9.78 Å². The number of nitriles is 1. The summed E-state index contributed by atoms with van der Waals surface area (Å²) in [6.07, 6.45) is 3.95. The van der Waals surface area contributed by atoms with E-state index in [2.05, 4.69) is 11.2 Å². The highest BCUT2D eigenvalue weighted by Crippen LogP contribution is 2.41. The first-order chi connectivity index (χ1) is 5.27. The summed E-state index contributed by atoms with van der Waals surface area (Å²) in [7, 11) is 0. The van der Waals surface area contributed by atoms with Gasteiger partial charge in [-0.25, -0.2) is 9.07 Å². The van der Waals surface area contributed by atoms with Gasteiger partial charge in [-0.05, 0) is 12.8 Å². The fourth-order valence-electron chi connectivity index (χ4n) is 1.05. The number of halogens is 1. The normalized spacial score (nSPS) is 19.3. The third-order valence-electron chi connectivity index (χ3n) is 1.92. The van der Waals surface area contributed by atoms with E-state index < -0.39 is 5.54 Å². The van der Waals surface area contributed by atoms with E-state index in [4.69, 9.17) is 5.26 Å². The SMILES string of the molecule is N#CC1(n2cc(F)cn2)CC1. The van der Waals surface area contributed by atoms with Crippen LogP contribution >= 0.6 is 0 Å². The second-order valence-corrected chi connectivity index (χ2v) is 2.75. The summed E-state index contributed by atoms with van der Waals surface area (Å²) in [5.41, 5.74) is -0.523. The smallest absolute Gasteiger partial charge is 0.161 e. The van der Waals surface area contributed by atoms with Crippen LogP contribution in [0.1, 0.15) is 12.8 Å². The molecule has 4 heteroatoms. The molecule has 0 aliphatic heterocycles. The van der Waals surface area contributed by atoms with Gasteiger partial charge in [0.25, 0.3) is 0 Å². The van der Waals surface area contributed by atoms with Crippen LogP contribution < -0.4 is 0 Å². The Hall–Kier alpha value is -1.37. The van der Waals surface area contributed by atoms with Crippen molar-refractivity contribution in [2.45, 2.75) is 18.4 Å². The highest BCUT2D eigenvalue weighted by Gasteiger charge is 2.46. The van der Waals surface area contributed by atoms with Crippen molar-refractivity contribution in [2.24, 2.45) is 0 Å². The van der Waals surface area contributed by atoms with Crippen LogP contribution in [0.25, 0.3) is 0 Å². The first-order valence-electron chi connectivity index (χ1n) is 3.39. The molecule has 0 bridgehead atoms. The molecule has 1 heterocycles. The van der Waals surface area contributed by atoms with Gasteiger partial charge < -0.3 is 0 Å². The van der Waals surface area contributed by atoms with Crippen molar-refractivity contribution in [1.82, 2.24) is 9.78 Å². The first-order valence-corrected chi connectivity index (χ1v) is 3.39. The monoisotopic (exact) mass is 151 g/mol. The molecule has 0 unspecified atom stereocenters. The van der Waals surface area contributed by atoms with Crippen LogP contribution in [0.4, 0.5) is 4.39 Å². The Kier molecular flexibility index (Phi) is 1.05. The van der Waals surface area contributed by atoms with Gasteiger partial charge in [0.15, 0.2) is 5.82 Å². The van der Waals surface area contributed by atoms with Crippen LogP contribution in [0.15, 0.2) is 12.4 Å². The quantitative estimate of drug-likeness (QED) is 0.601. The van der Waals surface area contributed by atoms with E-state index in [9.17, 15) is 4.39 Å². The second kappa shape index (κ2) is 1.82. The molecule has 1 aromatic heterocycles. The molecule has 0 spiro atoms. The molecule has 0 aromatic carbocycles. The second-order valence-electron chi connectivity index (χ2n) is 2.75. The minimum absolute atomic E-state index is 0.383. The van der Waals surface area contributed by atoms with Crippen molar-refractivity contribution in [3.8, 4) is 6.07 Å². The molecule has 1 aliphatic rings. The molecule has 0 N–H and O–H groups in total. The molecular weight excluding hydrogens is 145 g/mol. The van der Waals surface area contributed by atoms with Gasteiger partial charge in [-0.2, -0.15) is 10.4 Å². The molecule has 0 saturated heterocycles. The van der Waals surface area contributed by atoms with Crippen LogP contribution in [-0.2, 0) is 5.54 Å². The molecular formula is C7H6FN3. The van der Waals surface area contributed by atoms with E-state index in [0.717, 1.165) is 19.0 Å². The van der Waals surface area contributed by atoms with Gasteiger partial charge in [-0.15, -0.1) is 0 Å². The number of rotatable bonds is 1. The highest BCUT2D eigenvalue weighted by atomic mass is 19.1. The highest BCUT2D eigenvalue weighted by molar-refractivity contribution is 5.15. The Labute approximate surface area is 63.1 Å². The lowest BCUT2D eigenvalue weighted by Crippen LogP contribution is -2.14. The van der Waals surface area contributed by atoms with E-state index in [-0.39, 0.29) is 5.82 Å². The van der Waals surface area contributed by atoms with E-state index in [1.54, 1.807) is 0 Å². The fourth-order valence-corrected chi connectivity index (χ4v) is 1.05. The van der Waals surface area contributed by atoms with Crippen LogP contribution in [0.2, 0.25) is 0 Å². The van der Waals surface area contributed by atoms with E-state index >= 15 is 0 Å². The Bertz CT molecular complexity index is 319. The summed E-state index contributed by atoms with van der Waals surface area (Å²) >= 11 is 0. The molecule has 1 aliphatic carbocycles. The van der Waals surface area contributed by atoms with Crippen molar-refractivity contribution in [3.05, 3.63) is 18.2 Å². The zero-order chi connectivity index (χ0) is 7.90. The lowest BCUT2D eigenvalue weighted by Gasteiger charge is -2.03. The van der Waals surface area contributed by atoms with E-state index in [0.29, 0.717) is 0 Å². The summed E-state index contributed by atoms with van der Waals surface area (Å²) in [6.45, 7) is 0. The number of nitrogens with zero attached hydrogens (tertiary/aromatic N) is 3. The van der Waals surface area contributed by atoms with Crippen LogP contribution in [0.3, 0.4) is 0 Å². The van der Waals surface area contributed by atoms with Crippen LogP contribution in [0.5, 0.6) is 0 Å². The number of aromatic nitrogens is 2. The van der Waals surface area contributed by atoms with Crippen molar-refractivity contribution < 1.29 is 4.39 Å². The average Bonchev–Trinajstić information content (AvgIpc) is 2.70. The van der Waals surface area contributed by atoms with Crippen molar-refractivity contribution in [3.63, 3.8) is 0 Å². The van der Waals surface area contributed by atoms with Gasteiger partial charge in [0.1, 0.15) is 5.54 Å². The summed E-state index contributed by atoms with van der Waals surface area (Å²) in [5, 5.41) is 12.4. The molecule has 1 fully saturated rings. The molecule has 11 heavy (non-hydrogen) atoms. The zero-order valence-electron chi connectivity index (χ0n) is 5.79. The Balaban J connectivity index is 2.38. The molecule has 2 rings (SSSR count). The first kappa shape index (κ1) is 6.35.